The van der Waals surface area contributed by atoms with Gasteiger partial charge in [0, 0.05) is 12.3 Å². The Morgan fingerprint density at radius 1 is 0.452 bits per heavy atom. The minimum atomic E-state index is -1.22. The molecule has 0 radical (unpaired) electrons. The number of quaternary nitrogens is 1. The fraction of sp³-hybridized carbons (Fsp3) is 0. The van der Waals surface area contributed by atoms with E-state index in [9.17, 15) is 0 Å². The summed E-state index contributed by atoms with van der Waals surface area (Å²) in [5, 5.41) is 0. The molecule has 31 heavy (non-hydrogen) atoms. The molecule has 0 fully saturated rings. The van der Waals surface area contributed by atoms with Crippen molar-refractivity contribution >= 4 is 33.7 Å². The van der Waals surface area contributed by atoms with Gasteiger partial charge in [0.1, 0.15) is 11.8 Å². The van der Waals surface area contributed by atoms with Crippen molar-refractivity contribution in [3.63, 3.8) is 0 Å². The molecule has 1 aromatic heterocycles. The third-order valence-electron chi connectivity index (χ3n) is 5.86. The van der Waals surface area contributed by atoms with Crippen LogP contribution in [0.25, 0.3) is 0 Å². The van der Waals surface area contributed by atoms with E-state index >= 15 is 0 Å². The van der Waals surface area contributed by atoms with Crippen LogP contribution in [0.3, 0.4) is 0 Å². The molecule has 0 spiro atoms. The molecule has 0 saturated heterocycles. The average Bonchev–Trinajstić information content (AvgIpc) is 3.34. The highest BCUT2D eigenvalue weighted by Gasteiger charge is 2.30. The van der Waals surface area contributed by atoms with E-state index in [1.807, 2.05) is 18.5 Å². The summed E-state index contributed by atoms with van der Waals surface area (Å²) in [6.45, 7) is 0. The molecule has 0 amide bonds. The van der Waals surface area contributed by atoms with E-state index in [4.69, 9.17) is 0 Å². The van der Waals surface area contributed by atoms with Crippen molar-refractivity contribution in [1.29, 1.82) is 0 Å². The normalized spacial score (nSPS) is 10.7. The third-order valence-corrected chi connectivity index (χ3v) is 5.86. The Kier molecular flexibility index (Phi) is 6.46. The molecule has 1 heterocycles. The molecular weight excluding hydrogens is 375 g/mol. The average molecular weight is 402 g/mol. The molecule has 0 bridgehead atoms. The summed E-state index contributed by atoms with van der Waals surface area (Å²) in [6.07, 6.45) is 2.48. The van der Waals surface area contributed by atoms with E-state index in [2.05, 4.69) is 132 Å². The first kappa shape index (κ1) is 20.5. The van der Waals surface area contributed by atoms with Crippen LogP contribution in [0, 0.1) is 0 Å². The number of benzene rings is 4. The monoisotopic (exact) mass is 402 g/mol. The summed E-state index contributed by atoms with van der Waals surface area (Å²) in [5.74, 6) is 0. The lowest BCUT2D eigenvalue weighted by Gasteiger charge is -2.44. The summed E-state index contributed by atoms with van der Waals surface area (Å²) in [6, 6.07) is 45.4. The van der Waals surface area contributed by atoms with Gasteiger partial charge in [0.15, 0.2) is 0 Å². The molecule has 0 unspecified atom stereocenters. The standard InChI is InChI=1S/C24H20B.C4H6N2/c1-5-13-21(14-6-1)25(22-15-7-2-8-16-22,23-17-9-3-10-18-23)24-19-11-4-12-20-24;5-4-1-2-6-3-4/h1-20H;1-3,6H,5H2/q-1;/p+1. The summed E-state index contributed by atoms with van der Waals surface area (Å²) in [5.41, 5.74) is 10.0. The van der Waals surface area contributed by atoms with Crippen LogP contribution < -0.4 is 27.6 Å². The van der Waals surface area contributed by atoms with E-state index in [-0.39, 0.29) is 0 Å². The van der Waals surface area contributed by atoms with E-state index in [0.29, 0.717) is 0 Å². The van der Waals surface area contributed by atoms with Gasteiger partial charge < -0.3 is 10.7 Å². The van der Waals surface area contributed by atoms with E-state index in [1.165, 1.54) is 21.9 Å². The predicted molar refractivity (Wildman–Crippen MR) is 133 cm³/mol. The van der Waals surface area contributed by atoms with Gasteiger partial charge in [0.2, 0.25) is 0 Å². The molecule has 0 aliphatic heterocycles. The fourth-order valence-corrected chi connectivity index (χ4v) is 4.48. The highest BCUT2D eigenvalue weighted by molar-refractivity contribution is 7.19. The van der Waals surface area contributed by atoms with Crippen LogP contribution in [-0.2, 0) is 0 Å². The van der Waals surface area contributed by atoms with Crippen LogP contribution >= 0.6 is 0 Å². The first-order valence-electron chi connectivity index (χ1n) is 10.6. The molecule has 0 atom stereocenters. The number of hydrogen-bond donors (Lipinski definition) is 2. The van der Waals surface area contributed by atoms with Crippen molar-refractivity contribution < 1.29 is 5.73 Å². The lowest BCUT2D eigenvalue weighted by molar-refractivity contribution is -0.254. The topological polar surface area (TPSA) is 43.4 Å². The van der Waals surface area contributed by atoms with Crippen LogP contribution in [0.5, 0.6) is 0 Å². The van der Waals surface area contributed by atoms with Crippen molar-refractivity contribution in [2.75, 3.05) is 0 Å². The van der Waals surface area contributed by atoms with Crippen LogP contribution in [0.1, 0.15) is 0 Å². The van der Waals surface area contributed by atoms with Crippen LogP contribution in [0.15, 0.2) is 140 Å². The van der Waals surface area contributed by atoms with Gasteiger partial charge in [0.05, 0.1) is 6.20 Å². The van der Waals surface area contributed by atoms with Gasteiger partial charge in [-0.15, -0.1) is 0 Å². The van der Waals surface area contributed by atoms with Crippen molar-refractivity contribution in [3.05, 3.63) is 140 Å². The Hall–Kier alpha value is -3.82. The van der Waals surface area contributed by atoms with Gasteiger partial charge in [-0.05, 0) is 0 Å². The summed E-state index contributed by atoms with van der Waals surface area (Å²) in [4.78, 5) is 2.87. The Morgan fingerprint density at radius 3 is 0.968 bits per heavy atom. The molecule has 3 heteroatoms. The maximum Gasteiger partial charge on any atom is 0.145 e. The Labute approximate surface area is 184 Å². The molecule has 4 aromatic carbocycles. The van der Waals surface area contributed by atoms with Crippen molar-refractivity contribution in [3.8, 4) is 0 Å². The Morgan fingerprint density at radius 2 is 0.774 bits per heavy atom. The smallest absolute Gasteiger partial charge is 0.145 e. The van der Waals surface area contributed by atoms with Crippen LogP contribution in [-0.4, -0.2) is 11.1 Å². The first-order valence-corrected chi connectivity index (χ1v) is 10.6. The zero-order chi connectivity index (χ0) is 21.4. The van der Waals surface area contributed by atoms with E-state index < -0.39 is 6.15 Å². The van der Waals surface area contributed by atoms with Gasteiger partial charge in [-0.1, -0.05) is 121 Å². The number of aromatic amines is 1. The number of hydrogen-bond acceptors (Lipinski definition) is 0. The minimum Gasteiger partial charge on any atom is -0.363 e. The highest BCUT2D eigenvalue weighted by atomic mass is 14.7. The summed E-state index contributed by atoms with van der Waals surface area (Å²) >= 11 is 0. The lowest BCUT2D eigenvalue weighted by atomic mass is 9.13. The highest BCUT2D eigenvalue weighted by Crippen LogP contribution is 2.09. The van der Waals surface area contributed by atoms with E-state index in [0.717, 1.165) is 5.69 Å². The largest absolute Gasteiger partial charge is 0.363 e. The zero-order valence-corrected chi connectivity index (χ0v) is 17.6. The molecule has 152 valence electrons. The minimum absolute atomic E-state index is 1.04. The molecule has 5 rings (SSSR count). The zero-order valence-electron chi connectivity index (χ0n) is 17.6. The molecule has 0 aliphatic rings. The van der Waals surface area contributed by atoms with Crippen molar-refractivity contribution in [2.24, 2.45) is 0 Å². The van der Waals surface area contributed by atoms with Gasteiger partial charge in [-0.25, -0.2) is 0 Å². The van der Waals surface area contributed by atoms with Crippen LogP contribution in [0.2, 0.25) is 0 Å². The van der Waals surface area contributed by atoms with Crippen LogP contribution in [0.4, 0.5) is 5.69 Å². The van der Waals surface area contributed by atoms with Gasteiger partial charge in [0.25, 0.3) is 0 Å². The Balaban J connectivity index is 0.000000334. The number of H-pyrrole nitrogens is 1. The number of rotatable bonds is 4. The van der Waals surface area contributed by atoms with Gasteiger partial charge in [-0.2, -0.15) is 21.9 Å². The quantitative estimate of drug-likeness (QED) is 0.434. The molecule has 2 nitrogen and oxygen atoms in total. The number of aromatic nitrogens is 1. The van der Waals surface area contributed by atoms with Gasteiger partial charge >= 0.3 is 0 Å². The summed E-state index contributed by atoms with van der Waals surface area (Å²) in [7, 11) is 0. The maximum atomic E-state index is 3.65. The van der Waals surface area contributed by atoms with Gasteiger partial charge in [-0.3, -0.25) is 0 Å². The maximum absolute atomic E-state index is 3.65. The molecule has 5 aromatic rings. The molecule has 4 N–H and O–H groups in total. The second-order valence-corrected chi connectivity index (χ2v) is 7.73. The first-order chi connectivity index (χ1) is 15.3. The predicted octanol–water partition coefficient (Wildman–Crippen LogP) is 2.95. The second kappa shape index (κ2) is 9.79. The van der Waals surface area contributed by atoms with Crippen molar-refractivity contribution in [1.82, 2.24) is 4.98 Å². The third kappa shape index (κ3) is 4.37. The Bertz CT molecular complexity index is 994. The number of nitrogens with one attached hydrogen (secondary N) is 1. The lowest BCUT2D eigenvalue weighted by Crippen LogP contribution is -2.74. The molecular formula is C28H27BN2. The molecule has 0 saturated carbocycles. The SMILES string of the molecule is [NH3+]c1cc[nH]c1.c1ccc([B-](c2ccccc2)(c2ccccc2)c2ccccc2)cc1. The molecule has 0 aliphatic carbocycles. The van der Waals surface area contributed by atoms with Crippen molar-refractivity contribution in [2.45, 2.75) is 0 Å². The second-order valence-electron chi connectivity index (χ2n) is 7.73. The fourth-order valence-electron chi connectivity index (χ4n) is 4.48. The summed E-state index contributed by atoms with van der Waals surface area (Å²) < 4.78 is 0. The van der Waals surface area contributed by atoms with E-state index in [1.54, 1.807) is 0 Å².